The predicted molar refractivity (Wildman–Crippen MR) is 491 cm³/mol. The van der Waals surface area contributed by atoms with E-state index in [-0.39, 0.29) is 11.8 Å². The van der Waals surface area contributed by atoms with E-state index in [9.17, 15) is 9.59 Å². The molecule has 2 aliphatic heterocycles. The van der Waals surface area contributed by atoms with E-state index < -0.39 is 31.7 Å². The van der Waals surface area contributed by atoms with Gasteiger partial charge in [0, 0.05) is 41.8 Å². The van der Waals surface area contributed by atoms with Gasteiger partial charge in [-0.25, -0.2) is 0 Å². The zero-order valence-corrected chi connectivity index (χ0v) is 69.2. The Morgan fingerprint density at radius 2 is 0.420 bits per heavy atom. The standard InChI is InChI=1S/4C18H15P.C15H22N2O.C14H19BrN2O/c4*1-4-10-16(11-5-1)19(17-12-6-2-7-13-17)18-14-8-3-9-15-18;1-13-5-7-14(8-6-13)15(18)16-9-12-17-10-3-2-4-11-17;15-13-6-4-12(5-7-13)14(18)16-8-11-17-9-2-1-3-10-17/h4*1-15H;5-8H,2-4,9-12H2,1H3,(H,16,18);4-7H,1-3,8-11H2,(H,16,18). The molecule has 14 aromatic rings. The summed E-state index contributed by atoms with van der Waals surface area (Å²) in [5, 5.41) is 22.7. The van der Waals surface area contributed by atoms with Crippen molar-refractivity contribution in [3.63, 3.8) is 0 Å². The van der Waals surface area contributed by atoms with Gasteiger partial charge in [-0.1, -0.05) is 410 Å². The fraction of sp³-hybridized carbons (Fsp3) is 0.149. The second-order valence-electron chi connectivity index (χ2n) is 27.1. The topological polar surface area (TPSA) is 64.7 Å². The first-order chi connectivity index (χ1) is 55.3. The zero-order chi connectivity index (χ0) is 77.3. The molecule has 0 aromatic heterocycles. The summed E-state index contributed by atoms with van der Waals surface area (Å²) in [6.07, 6.45) is 7.88. The Hall–Kier alpha value is -9.86. The minimum Gasteiger partial charge on any atom is -0.351 e. The van der Waals surface area contributed by atoms with E-state index in [0.29, 0.717) is 0 Å². The van der Waals surface area contributed by atoms with Crippen LogP contribution in [0.4, 0.5) is 0 Å². The predicted octanol–water partition coefficient (Wildman–Crippen LogP) is 18.7. The van der Waals surface area contributed by atoms with Gasteiger partial charge in [0.1, 0.15) is 0 Å². The fourth-order valence-electron chi connectivity index (χ4n) is 13.2. The van der Waals surface area contributed by atoms with Crippen LogP contribution in [0.1, 0.15) is 64.8 Å². The molecule has 16 rings (SSSR count). The lowest BCUT2D eigenvalue weighted by Gasteiger charge is -2.26. The normalized spacial score (nSPS) is 12.5. The lowest BCUT2D eigenvalue weighted by atomic mass is 10.1. The molecule has 11 heteroatoms. The lowest BCUT2D eigenvalue weighted by molar-refractivity contribution is 0.0938. The first-order valence-electron chi connectivity index (χ1n) is 39.0. The highest BCUT2D eigenvalue weighted by Crippen LogP contribution is 2.36. The van der Waals surface area contributed by atoms with Crippen LogP contribution in [0.25, 0.3) is 0 Å². The van der Waals surface area contributed by atoms with Crippen LogP contribution in [0.2, 0.25) is 0 Å². The Morgan fingerprint density at radius 3 is 0.598 bits per heavy atom. The fourth-order valence-corrected chi connectivity index (χ4v) is 22.7. The van der Waals surface area contributed by atoms with Gasteiger partial charge in [-0.2, -0.15) is 0 Å². The van der Waals surface area contributed by atoms with Crippen LogP contribution in [0.15, 0.2) is 417 Å². The summed E-state index contributed by atoms with van der Waals surface area (Å²) in [6.45, 7) is 10.1. The average Bonchev–Trinajstić information content (AvgIpc) is 0.836. The van der Waals surface area contributed by atoms with E-state index in [0.717, 1.165) is 41.8 Å². The van der Waals surface area contributed by atoms with Gasteiger partial charge in [0.25, 0.3) is 11.8 Å². The third kappa shape index (κ3) is 27.2. The molecular formula is C101H101BrN4O2P4. The summed E-state index contributed by atoms with van der Waals surface area (Å²) in [7, 11) is -1.78. The van der Waals surface area contributed by atoms with Crippen molar-refractivity contribution in [2.24, 2.45) is 0 Å². The maximum atomic E-state index is 11.9. The average molecular weight is 1610 g/mol. The number of hydrogen-bond acceptors (Lipinski definition) is 4. The van der Waals surface area contributed by atoms with Gasteiger partial charge < -0.3 is 20.4 Å². The lowest BCUT2D eigenvalue weighted by Crippen LogP contribution is -2.37. The molecule has 0 saturated carbocycles. The monoisotopic (exact) mass is 1600 g/mol. The smallest absolute Gasteiger partial charge is 0.251 e. The van der Waals surface area contributed by atoms with Crippen LogP contribution in [0.3, 0.4) is 0 Å². The molecule has 112 heavy (non-hydrogen) atoms. The molecule has 2 fully saturated rings. The van der Waals surface area contributed by atoms with E-state index >= 15 is 0 Å². The third-order valence-electron chi connectivity index (χ3n) is 18.9. The van der Waals surface area contributed by atoms with E-state index in [1.165, 1.54) is 134 Å². The Balaban J connectivity index is 0.000000133. The van der Waals surface area contributed by atoms with Gasteiger partial charge in [-0.15, -0.1) is 0 Å². The number of amides is 2. The van der Waals surface area contributed by atoms with Gasteiger partial charge >= 0.3 is 0 Å². The molecular weight excluding hydrogens is 1500 g/mol. The highest BCUT2D eigenvalue weighted by molar-refractivity contribution is 9.10. The second-order valence-corrected chi connectivity index (χ2v) is 36.9. The molecule has 0 unspecified atom stereocenters. The highest BCUT2D eigenvalue weighted by atomic mass is 79.9. The van der Waals surface area contributed by atoms with E-state index in [1.54, 1.807) is 0 Å². The van der Waals surface area contributed by atoms with Crippen molar-refractivity contribution in [3.8, 4) is 0 Å². The second kappa shape index (κ2) is 47.5. The van der Waals surface area contributed by atoms with Crippen LogP contribution >= 0.6 is 47.6 Å². The summed E-state index contributed by atoms with van der Waals surface area (Å²) in [5.41, 5.74) is 2.65. The van der Waals surface area contributed by atoms with Crippen LogP contribution < -0.4 is 74.3 Å². The number of carbonyl (C=O) groups is 2. The molecule has 14 aromatic carbocycles. The molecule has 2 aliphatic rings. The van der Waals surface area contributed by atoms with Crippen LogP contribution in [0.5, 0.6) is 0 Å². The number of carbonyl (C=O) groups excluding carboxylic acids is 2. The third-order valence-corrected chi connectivity index (χ3v) is 29.2. The van der Waals surface area contributed by atoms with Crippen LogP contribution in [-0.4, -0.2) is 74.0 Å². The minimum absolute atomic E-state index is 0.0134. The maximum absolute atomic E-state index is 11.9. The molecule has 564 valence electrons. The molecule has 6 nitrogen and oxygen atoms in total. The first kappa shape index (κ1) is 83.1. The Morgan fingerprint density at radius 1 is 0.250 bits per heavy atom. The summed E-state index contributed by atoms with van der Waals surface area (Å²) in [6, 6.07) is 144. The van der Waals surface area contributed by atoms with Crippen LogP contribution in [0, 0.1) is 6.92 Å². The number of aryl methyl sites for hydroxylation is 1. The van der Waals surface area contributed by atoms with Crippen molar-refractivity contribution >= 4 is 123 Å². The molecule has 2 heterocycles. The Labute approximate surface area is 679 Å². The summed E-state index contributed by atoms with van der Waals surface area (Å²) in [5.74, 6) is 0.0477. The number of halogens is 1. The van der Waals surface area contributed by atoms with Gasteiger partial charge in [0.15, 0.2) is 0 Å². The quantitative estimate of drug-likeness (QED) is 0.0747. The number of piperidine rings is 2. The number of likely N-dealkylation sites (tertiary alicyclic amines) is 2. The first-order valence-corrected chi connectivity index (χ1v) is 45.1. The van der Waals surface area contributed by atoms with Crippen molar-refractivity contribution in [3.05, 3.63) is 434 Å². The maximum Gasteiger partial charge on any atom is 0.251 e. The highest BCUT2D eigenvalue weighted by Gasteiger charge is 2.20. The van der Waals surface area contributed by atoms with Crippen molar-refractivity contribution in [2.75, 3.05) is 52.4 Å². The molecule has 0 atom stereocenters. The summed E-state index contributed by atoms with van der Waals surface area (Å²) < 4.78 is 0.993. The van der Waals surface area contributed by atoms with Crippen molar-refractivity contribution in [1.82, 2.24) is 20.4 Å². The van der Waals surface area contributed by atoms with E-state index in [1.807, 2.05) is 55.5 Å². The van der Waals surface area contributed by atoms with E-state index in [4.69, 9.17) is 0 Å². The molecule has 2 N–H and O–H groups in total. The van der Waals surface area contributed by atoms with Gasteiger partial charge in [0.05, 0.1) is 0 Å². The number of hydrogen-bond donors (Lipinski definition) is 2. The van der Waals surface area contributed by atoms with Gasteiger partial charge in [-0.3, -0.25) is 9.59 Å². The van der Waals surface area contributed by atoms with Crippen molar-refractivity contribution in [2.45, 2.75) is 45.4 Å². The van der Waals surface area contributed by atoms with E-state index in [2.05, 4.69) is 400 Å². The Kier molecular flexibility index (Phi) is 35.2. The zero-order valence-electron chi connectivity index (χ0n) is 64.0. The number of nitrogens with zero attached hydrogens (tertiary/aromatic N) is 2. The van der Waals surface area contributed by atoms with Gasteiger partial charge in [-0.05, 0) is 191 Å². The molecule has 0 aliphatic carbocycles. The van der Waals surface area contributed by atoms with Crippen molar-refractivity contribution in [1.29, 1.82) is 0 Å². The number of benzene rings is 14. The number of nitrogens with one attached hydrogen (secondary N) is 2. The largest absolute Gasteiger partial charge is 0.351 e. The molecule has 0 radical (unpaired) electrons. The molecule has 0 spiro atoms. The minimum atomic E-state index is -0.446. The number of rotatable bonds is 20. The molecule has 2 amide bonds. The molecule has 0 bridgehead atoms. The van der Waals surface area contributed by atoms with Gasteiger partial charge in [0.2, 0.25) is 0 Å². The molecule has 2 saturated heterocycles. The summed E-state index contributed by atoms with van der Waals surface area (Å²) >= 11 is 3.36. The Bertz CT molecular complexity index is 3930. The summed E-state index contributed by atoms with van der Waals surface area (Å²) in [4.78, 5) is 28.6. The van der Waals surface area contributed by atoms with Crippen LogP contribution in [-0.2, 0) is 0 Å². The SMILES string of the molecule is Cc1ccc(C(=O)NCCN2CCCCC2)cc1.O=C(NCCN1CCCCC1)c1ccc(Br)cc1.c1ccc(P(c2ccccc2)c2ccccc2)cc1.c1ccc(P(c2ccccc2)c2ccccc2)cc1.c1ccc(P(c2ccccc2)c2ccccc2)cc1.c1ccc(P(c2ccccc2)c2ccccc2)cc1. The van der Waals surface area contributed by atoms with Crippen molar-refractivity contribution < 1.29 is 9.59 Å².